The molecule has 98 valence electrons. The highest BCUT2D eigenvalue weighted by Gasteiger charge is 2.30. The fourth-order valence-electron chi connectivity index (χ4n) is 2.08. The van der Waals surface area contributed by atoms with Gasteiger partial charge in [-0.1, -0.05) is 24.8 Å². The van der Waals surface area contributed by atoms with Gasteiger partial charge in [0.15, 0.2) is 5.78 Å². The van der Waals surface area contributed by atoms with Crippen LogP contribution in [0.1, 0.15) is 18.4 Å². The molecular formula is C14H13NO4. The second-order valence-corrected chi connectivity index (χ2v) is 4.10. The molecule has 0 saturated carbocycles. The van der Waals surface area contributed by atoms with E-state index in [9.17, 15) is 14.9 Å². The molecule has 0 saturated heterocycles. The van der Waals surface area contributed by atoms with Gasteiger partial charge in [0.1, 0.15) is 12.4 Å². The van der Waals surface area contributed by atoms with Crippen LogP contribution in [0.4, 0.5) is 5.69 Å². The van der Waals surface area contributed by atoms with Gasteiger partial charge in [-0.3, -0.25) is 14.9 Å². The van der Waals surface area contributed by atoms with Crippen LogP contribution in [0, 0.1) is 10.1 Å². The summed E-state index contributed by atoms with van der Waals surface area (Å²) in [6, 6.07) is 6.21. The van der Waals surface area contributed by atoms with Crippen LogP contribution in [0.25, 0.3) is 5.57 Å². The van der Waals surface area contributed by atoms with Crippen LogP contribution in [0.2, 0.25) is 0 Å². The lowest BCUT2D eigenvalue weighted by Crippen LogP contribution is -2.02. The van der Waals surface area contributed by atoms with Crippen molar-refractivity contribution in [2.45, 2.75) is 12.8 Å². The van der Waals surface area contributed by atoms with E-state index in [1.807, 2.05) is 0 Å². The number of para-hydroxylation sites is 1. The summed E-state index contributed by atoms with van der Waals surface area (Å²) in [5, 5.41) is 11.0. The molecule has 2 rings (SSSR count). The summed E-state index contributed by atoms with van der Waals surface area (Å²) in [6.45, 7) is 3.83. The number of carbonyl (C=O) groups is 1. The highest BCUT2D eigenvalue weighted by Crippen LogP contribution is 2.36. The van der Waals surface area contributed by atoms with Crippen LogP contribution in [0.5, 0.6) is 0 Å². The standard InChI is InChI=1S/C14H13NO4/c1-2-9-19-13-8-7-12(16)14(13)10-5-3-4-6-11(10)15(17)18/h2-6H,1,7-9H2. The smallest absolute Gasteiger partial charge is 0.277 e. The third-order valence-electron chi connectivity index (χ3n) is 2.88. The molecule has 19 heavy (non-hydrogen) atoms. The number of Topliss-reactive ketones (excluding diaryl/α,β-unsaturated/α-hetero) is 1. The molecule has 0 unspecified atom stereocenters. The topological polar surface area (TPSA) is 69.4 Å². The molecule has 0 amide bonds. The molecule has 0 bridgehead atoms. The van der Waals surface area contributed by atoms with E-state index < -0.39 is 4.92 Å². The Bertz CT molecular complexity index is 575. The van der Waals surface area contributed by atoms with Crippen molar-refractivity contribution in [1.29, 1.82) is 0 Å². The van der Waals surface area contributed by atoms with Crippen molar-refractivity contribution >= 4 is 17.0 Å². The monoisotopic (exact) mass is 259 g/mol. The van der Waals surface area contributed by atoms with Crippen LogP contribution in [0.3, 0.4) is 0 Å². The second-order valence-electron chi connectivity index (χ2n) is 4.10. The van der Waals surface area contributed by atoms with E-state index >= 15 is 0 Å². The molecule has 0 atom stereocenters. The van der Waals surface area contributed by atoms with Crippen molar-refractivity contribution in [2.75, 3.05) is 6.61 Å². The fourth-order valence-corrected chi connectivity index (χ4v) is 2.08. The van der Waals surface area contributed by atoms with Gasteiger partial charge >= 0.3 is 0 Å². The lowest BCUT2D eigenvalue weighted by atomic mass is 10.0. The molecule has 0 aliphatic heterocycles. The second kappa shape index (κ2) is 5.48. The van der Waals surface area contributed by atoms with Crippen LogP contribution in [-0.2, 0) is 9.53 Å². The molecular weight excluding hydrogens is 246 g/mol. The normalized spacial score (nSPS) is 14.6. The van der Waals surface area contributed by atoms with Crippen molar-refractivity contribution < 1.29 is 14.5 Å². The first-order valence-electron chi connectivity index (χ1n) is 5.89. The Morgan fingerprint density at radius 3 is 2.79 bits per heavy atom. The Morgan fingerprint density at radius 2 is 2.11 bits per heavy atom. The Morgan fingerprint density at radius 1 is 1.37 bits per heavy atom. The minimum absolute atomic E-state index is 0.0764. The highest BCUT2D eigenvalue weighted by atomic mass is 16.6. The zero-order valence-corrected chi connectivity index (χ0v) is 10.3. The number of benzene rings is 1. The average Bonchev–Trinajstić information content (AvgIpc) is 2.77. The summed E-state index contributed by atoms with van der Waals surface area (Å²) in [5.41, 5.74) is 0.579. The minimum atomic E-state index is -0.487. The first kappa shape index (κ1) is 13.0. The maximum atomic E-state index is 11.9. The van der Waals surface area contributed by atoms with Gasteiger partial charge in [-0.15, -0.1) is 0 Å². The van der Waals surface area contributed by atoms with Crippen LogP contribution in [-0.4, -0.2) is 17.3 Å². The van der Waals surface area contributed by atoms with E-state index in [1.54, 1.807) is 24.3 Å². The van der Waals surface area contributed by atoms with E-state index in [0.717, 1.165) is 0 Å². The number of ketones is 1. The molecule has 0 spiro atoms. The third-order valence-corrected chi connectivity index (χ3v) is 2.88. The Labute approximate surface area is 110 Å². The molecule has 1 aliphatic rings. The zero-order valence-electron chi connectivity index (χ0n) is 10.3. The summed E-state index contributed by atoms with van der Waals surface area (Å²) in [7, 11) is 0. The van der Waals surface area contributed by atoms with Gasteiger partial charge in [0, 0.05) is 18.9 Å². The number of carbonyl (C=O) groups excluding carboxylic acids is 1. The summed E-state index contributed by atoms with van der Waals surface area (Å²) in [6.07, 6.45) is 2.38. The van der Waals surface area contributed by atoms with E-state index in [4.69, 9.17) is 4.74 Å². The van der Waals surface area contributed by atoms with E-state index in [0.29, 0.717) is 29.7 Å². The highest BCUT2D eigenvalue weighted by molar-refractivity contribution is 6.24. The van der Waals surface area contributed by atoms with Crippen molar-refractivity contribution in [3.8, 4) is 0 Å². The molecule has 0 radical (unpaired) electrons. The summed E-state index contributed by atoms with van der Waals surface area (Å²) in [4.78, 5) is 22.5. The van der Waals surface area contributed by atoms with E-state index in [-0.39, 0.29) is 18.1 Å². The van der Waals surface area contributed by atoms with Gasteiger partial charge in [0.2, 0.25) is 0 Å². The maximum Gasteiger partial charge on any atom is 0.277 e. The number of hydrogen-bond acceptors (Lipinski definition) is 4. The Hall–Kier alpha value is -2.43. The van der Waals surface area contributed by atoms with Crippen LogP contribution >= 0.6 is 0 Å². The lowest BCUT2D eigenvalue weighted by molar-refractivity contribution is -0.385. The van der Waals surface area contributed by atoms with Gasteiger partial charge in [-0.25, -0.2) is 0 Å². The molecule has 5 heteroatoms. The number of hydrogen-bond donors (Lipinski definition) is 0. The van der Waals surface area contributed by atoms with E-state index in [1.165, 1.54) is 6.07 Å². The van der Waals surface area contributed by atoms with Crippen molar-refractivity contribution in [3.63, 3.8) is 0 Å². The minimum Gasteiger partial charge on any atom is -0.493 e. The van der Waals surface area contributed by atoms with E-state index in [2.05, 4.69) is 6.58 Å². The summed E-state index contributed by atoms with van der Waals surface area (Å²) in [5.74, 6) is 0.396. The maximum absolute atomic E-state index is 11.9. The molecule has 0 aromatic heterocycles. The lowest BCUT2D eigenvalue weighted by Gasteiger charge is -2.08. The SMILES string of the molecule is C=CCOC1=C(c2ccccc2[N+](=O)[O-])C(=O)CC1. The van der Waals surface area contributed by atoms with Crippen LogP contribution < -0.4 is 0 Å². The van der Waals surface area contributed by atoms with Gasteiger partial charge in [-0.05, 0) is 6.07 Å². The number of ether oxygens (including phenoxy) is 1. The fraction of sp³-hybridized carbons (Fsp3) is 0.214. The predicted octanol–water partition coefficient (Wildman–Crippen LogP) is 2.87. The number of nitro groups is 1. The van der Waals surface area contributed by atoms with Gasteiger partial charge in [0.25, 0.3) is 5.69 Å². The average molecular weight is 259 g/mol. The van der Waals surface area contributed by atoms with Crippen molar-refractivity contribution in [2.24, 2.45) is 0 Å². The van der Waals surface area contributed by atoms with Crippen LogP contribution in [0.15, 0.2) is 42.7 Å². The predicted molar refractivity (Wildman–Crippen MR) is 70.4 cm³/mol. The zero-order chi connectivity index (χ0) is 13.8. The number of rotatable bonds is 5. The first-order chi connectivity index (χ1) is 9.15. The molecule has 1 aromatic rings. The number of allylic oxidation sites excluding steroid dienone is 2. The molecule has 1 aromatic carbocycles. The van der Waals surface area contributed by atoms with Gasteiger partial charge in [-0.2, -0.15) is 0 Å². The first-order valence-corrected chi connectivity index (χ1v) is 5.89. The Kier molecular flexibility index (Phi) is 3.75. The molecule has 1 aliphatic carbocycles. The van der Waals surface area contributed by atoms with Gasteiger partial charge in [0.05, 0.1) is 16.1 Å². The van der Waals surface area contributed by atoms with Crippen molar-refractivity contribution in [3.05, 3.63) is 58.4 Å². The molecule has 0 N–H and O–H groups in total. The molecule has 0 heterocycles. The number of nitrogens with zero attached hydrogens (tertiary/aromatic N) is 1. The molecule has 0 fully saturated rings. The largest absolute Gasteiger partial charge is 0.493 e. The third kappa shape index (κ3) is 2.54. The Balaban J connectivity index is 2.51. The van der Waals surface area contributed by atoms with Gasteiger partial charge < -0.3 is 4.74 Å². The molecule has 5 nitrogen and oxygen atoms in total. The summed E-state index contributed by atoms with van der Waals surface area (Å²) < 4.78 is 5.44. The quantitative estimate of drug-likeness (QED) is 0.463. The van der Waals surface area contributed by atoms with Crippen molar-refractivity contribution in [1.82, 2.24) is 0 Å². The summed E-state index contributed by atoms with van der Waals surface area (Å²) >= 11 is 0. The number of nitro benzene ring substituents is 1.